The Bertz CT molecular complexity index is 383. The molecule has 0 aliphatic heterocycles. The van der Waals surface area contributed by atoms with E-state index in [1.807, 2.05) is 0 Å². The van der Waals surface area contributed by atoms with E-state index < -0.39 is 5.97 Å². The van der Waals surface area contributed by atoms with E-state index in [1.54, 1.807) is 5.51 Å². The van der Waals surface area contributed by atoms with Crippen molar-refractivity contribution in [3.8, 4) is 0 Å². The minimum atomic E-state index is -0.967. The van der Waals surface area contributed by atoms with E-state index in [0.29, 0.717) is 10.9 Å². The Morgan fingerprint density at radius 3 is 2.87 bits per heavy atom. The number of carbonyl (C=O) groups is 1. The molecular formula is C10H14N2O2S. The smallest absolute Gasteiger partial charge is 0.357 e. The van der Waals surface area contributed by atoms with E-state index in [4.69, 9.17) is 5.11 Å². The molecule has 0 amide bonds. The number of carboxylic acids is 1. The Labute approximate surface area is 92.3 Å². The van der Waals surface area contributed by atoms with Crippen molar-refractivity contribution >= 4 is 22.3 Å². The summed E-state index contributed by atoms with van der Waals surface area (Å²) >= 11 is 1.35. The molecule has 2 rings (SSSR count). The molecule has 1 aliphatic rings. The predicted molar refractivity (Wildman–Crippen MR) is 59.5 cm³/mol. The van der Waals surface area contributed by atoms with Gasteiger partial charge in [-0.05, 0) is 32.6 Å². The monoisotopic (exact) mass is 226 g/mol. The molecule has 2 N–H and O–H groups in total. The molecule has 0 spiro atoms. The van der Waals surface area contributed by atoms with Crippen molar-refractivity contribution in [1.82, 2.24) is 4.98 Å². The Balaban J connectivity index is 2.16. The van der Waals surface area contributed by atoms with E-state index in [1.165, 1.54) is 24.2 Å². The summed E-state index contributed by atoms with van der Waals surface area (Å²) in [5.74, 6) is -0.313. The van der Waals surface area contributed by atoms with Crippen LogP contribution in [0.2, 0.25) is 0 Å². The minimum Gasteiger partial charge on any atom is -0.476 e. The van der Waals surface area contributed by atoms with Gasteiger partial charge in [0.2, 0.25) is 0 Å². The zero-order chi connectivity index (χ0) is 11.1. The molecule has 0 saturated heterocycles. The molecule has 1 aliphatic carbocycles. The highest BCUT2D eigenvalue weighted by atomic mass is 32.1. The number of nitrogens with one attached hydrogen (secondary N) is 1. The normalized spacial score (nSPS) is 16.4. The van der Waals surface area contributed by atoms with Gasteiger partial charge in [-0.3, -0.25) is 0 Å². The van der Waals surface area contributed by atoms with Gasteiger partial charge in [0.15, 0.2) is 5.69 Å². The number of thiazole rings is 1. The van der Waals surface area contributed by atoms with Gasteiger partial charge in [0.1, 0.15) is 5.00 Å². The molecule has 1 heterocycles. The molecule has 82 valence electrons. The van der Waals surface area contributed by atoms with E-state index in [-0.39, 0.29) is 11.2 Å². The summed E-state index contributed by atoms with van der Waals surface area (Å²) in [6, 6.07) is 0. The van der Waals surface area contributed by atoms with Crippen molar-refractivity contribution in [3.05, 3.63) is 11.2 Å². The zero-order valence-corrected chi connectivity index (χ0v) is 9.60. The first-order valence-electron chi connectivity index (χ1n) is 4.95. The van der Waals surface area contributed by atoms with Crippen LogP contribution in [-0.2, 0) is 0 Å². The van der Waals surface area contributed by atoms with Crippen LogP contribution in [-0.4, -0.2) is 21.6 Å². The number of carboxylic acid groups (broad SMARTS) is 1. The number of nitrogens with zero attached hydrogens (tertiary/aromatic N) is 1. The molecular weight excluding hydrogens is 212 g/mol. The van der Waals surface area contributed by atoms with Gasteiger partial charge in [0.05, 0.1) is 5.51 Å². The predicted octanol–water partition coefficient (Wildman–Crippen LogP) is 2.44. The van der Waals surface area contributed by atoms with Crippen LogP contribution in [0.4, 0.5) is 5.00 Å². The number of hydrogen-bond donors (Lipinski definition) is 2. The second-order valence-corrected chi connectivity index (χ2v) is 5.31. The number of aromatic carboxylic acids is 1. The summed E-state index contributed by atoms with van der Waals surface area (Å²) in [5.41, 5.74) is 1.67. The number of anilines is 1. The summed E-state index contributed by atoms with van der Waals surface area (Å²) < 4.78 is 0. The topological polar surface area (TPSA) is 62.2 Å². The van der Waals surface area contributed by atoms with E-state index >= 15 is 0 Å². The Morgan fingerprint density at radius 1 is 1.67 bits per heavy atom. The second kappa shape index (κ2) is 3.48. The first-order valence-corrected chi connectivity index (χ1v) is 5.83. The van der Waals surface area contributed by atoms with E-state index in [9.17, 15) is 4.79 Å². The third-order valence-electron chi connectivity index (χ3n) is 2.80. The fourth-order valence-electron chi connectivity index (χ4n) is 1.69. The van der Waals surface area contributed by atoms with Crippen LogP contribution in [0.1, 0.15) is 37.2 Å². The van der Waals surface area contributed by atoms with Gasteiger partial charge >= 0.3 is 5.97 Å². The Morgan fingerprint density at radius 2 is 2.33 bits per heavy atom. The maximum Gasteiger partial charge on any atom is 0.357 e. The third-order valence-corrected chi connectivity index (χ3v) is 3.55. The van der Waals surface area contributed by atoms with Crippen molar-refractivity contribution in [2.75, 3.05) is 5.32 Å². The standard InChI is InChI=1S/C10H14N2O2S/c1-10(2,6-3-4-6)12-8-7(9(13)14)11-5-15-8/h5-6,12H,3-4H2,1-2H3,(H,13,14). The summed E-state index contributed by atoms with van der Waals surface area (Å²) in [4.78, 5) is 14.7. The molecule has 1 fully saturated rings. The number of hydrogen-bond acceptors (Lipinski definition) is 4. The third kappa shape index (κ3) is 2.12. The molecule has 0 bridgehead atoms. The molecule has 0 unspecified atom stereocenters. The Kier molecular flexibility index (Phi) is 2.42. The number of aromatic nitrogens is 1. The van der Waals surface area contributed by atoms with Crippen LogP contribution in [0, 0.1) is 5.92 Å². The molecule has 4 nitrogen and oxygen atoms in total. The molecule has 0 radical (unpaired) electrons. The van der Waals surface area contributed by atoms with Crippen LogP contribution < -0.4 is 5.32 Å². The largest absolute Gasteiger partial charge is 0.476 e. The quantitative estimate of drug-likeness (QED) is 0.827. The van der Waals surface area contributed by atoms with E-state index in [2.05, 4.69) is 24.1 Å². The fourth-order valence-corrected chi connectivity index (χ4v) is 2.52. The SMILES string of the molecule is CC(C)(Nc1scnc1C(=O)O)C1CC1. The van der Waals surface area contributed by atoms with Crippen LogP contribution in [0.5, 0.6) is 0 Å². The minimum absolute atomic E-state index is 0.0310. The lowest BCUT2D eigenvalue weighted by Crippen LogP contribution is -2.33. The van der Waals surface area contributed by atoms with Crippen molar-refractivity contribution in [3.63, 3.8) is 0 Å². The second-order valence-electron chi connectivity index (χ2n) is 4.46. The molecule has 1 saturated carbocycles. The Hall–Kier alpha value is -1.10. The molecule has 15 heavy (non-hydrogen) atoms. The van der Waals surface area contributed by atoms with Gasteiger partial charge in [-0.2, -0.15) is 0 Å². The molecule has 1 aromatic heterocycles. The summed E-state index contributed by atoms with van der Waals surface area (Å²) in [6.45, 7) is 4.21. The average molecular weight is 226 g/mol. The highest BCUT2D eigenvalue weighted by Gasteiger charge is 2.38. The molecule has 0 aromatic carbocycles. The maximum absolute atomic E-state index is 10.9. The van der Waals surface area contributed by atoms with Gasteiger partial charge in [-0.1, -0.05) is 0 Å². The molecule has 0 atom stereocenters. The molecule has 5 heteroatoms. The first kappa shape index (κ1) is 10.4. The van der Waals surface area contributed by atoms with Gasteiger partial charge in [0.25, 0.3) is 0 Å². The van der Waals surface area contributed by atoms with Crippen molar-refractivity contribution < 1.29 is 9.90 Å². The highest BCUT2D eigenvalue weighted by molar-refractivity contribution is 7.14. The van der Waals surface area contributed by atoms with Gasteiger partial charge in [-0.15, -0.1) is 11.3 Å². The van der Waals surface area contributed by atoms with Crippen LogP contribution in [0.25, 0.3) is 0 Å². The summed E-state index contributed by atoms with van der Waals surface area (Å²) in [7, 11) is 0. The van der Waals surface area contributed by atoms with Crippen LogP contribution >= 0.6 is 11.3 Å². The lowest BCUT2D eigenvalue weighted by Gasteiger charge is -2.26. The average Bonchev–Trinajstić information content (AvgIpc) is 2.88. The van der Waals surface area contributed by atoms with Crippen molar-refractivity contribution in [2.24, 2.45) is 5.92 Å². The van der Waals surface area contributed by atoms with Gasteiger partial charge in [0, 0.05) is 5.54 Å². The zero-order valence-electron chi connectivity index (χ0n) is 8.78. The van der Waals surface area contributed by atoms with Gasteiger partial charge < -0.3 is 10.4 Å². The summed E-state index contributed by atoms with van der Waals surface area (Å²) in [6.07, 6.45) is 2.45. The highest BCUT2D eigenvalue weighted by Crippen LogP contribution is 2.42. The van der Waals surface area contributed by atoms with Crippen LogP contribution in [0.3, 0.4) is 0 Å². The van der Waals surface area contributed by atoms with Crippen molar-refractivity contribution in [2.45, 2.75) is 32.2 Å². The lowest BCUT2D eigenvalue weighted by molar-refractivity contribution is 0.0692. The van der Waals surface area contributed by atoms with E-state index in [0.717, 1.165) is 0 Å². The van der Waals surface area contributed by atoms with Gasteiger partial charge in [-0.25, -0.2) is 9.78 Å². The number of rotatable bonds is 4. The molecule has 1 aromatic rings. The fraction of sp³-hybridized carbons (Fsp3) is 0.600. The first-order chi connectivity index (χ1) is 7.00. The lowest BCUT2D eigenvalue weighted by atomic mass is 9.99. The summed E-state index contributed by atoms with van der Waals surface area (Å²) in [5, 5.41) is 12.9. The van der Waals surface area contributed by atoms with Crippen LogP contribution in [0.15, 0.2) is 5.51 Å². The maximum atomic E-state index is 10.9. The van der Waals surface area contributed by atoms with Crippen molar-refractivity contribution in [1.29, 1.82) is 0 Å².